The highest BCUT2D eigenvalue weighted by Crippen LogP contribution is 2.30. The van der Waals surface area contributed by atoms with Gasteiger partial charge < -0.3 is 9.64 Å². The molecule has 0 aromatic carbocycles. The summed E-state index contributed by atoms with van der Waals surface area (Å²) in [4.78, 5) is 35.6. The molecule has 4 rings (SSSR count). The Morgan fingerprint density at radius 3 is 2.45 bits per heavy atom. The summed E-state index contributed by atoms with van der Waals surface area (Å²) >= 11 is 1.32. The van der Waals surface area contributed by atoms with Crippen molar-refractivity contribution < 1.29 is 9.53 Å². The van der Waals surface area contributed by atoms with Gasteiger partial charge in [0.2, 0.25) is 0 Å². The number of piperidine rings is 1. The van der Waals surface area contributed by atoms with Crippen molar-refractivity contribution in [2.75, 3.05) is 45.9 Å². The monoisotopic (exact) mass is 445 g/mol. The minimum absolute atomic E-state index is 0.0336. The first-order valence-corrected chi connectivity index (χ1v) is 11.8. The molecule has 0 radical (unpaired) electrons. The van der Waals surface area contributed by atoms with E-state index in [1.165, 1.54) is 16.0 Å². The van der Waals surface area contributed by atoms with E-state index in [0.717, 1.165) is 70.0 Å². The molecule has 0 spiro atoms. The number of aromatic nitrogens is 3. The lowest BCUT2D eigenvalue weighted by atomic mass is 9.96. The van der Waals surface area contributed by atoms with Gasteiger partial charge in [0.15, 0.2) is 0 Å². The van der Waals surface area contributed by atoms with Crippen molar-refractivity contribution in [3.63, 3.8) is 0 Å². The topological polar surface area (TPSA) is 80.6 Å². The van der Waals surface area contributed by atoms with Crippen LogP contribution in [0.25, 0.3) is 10.6 Å². The lowest BCUT2D eigenvalue weighted by molar-refractivity contribution is 0.0243. The van der Waals surface area contributed by atoms with Crippen LogP contribution in [0.1, 0.15) is 39.5 Å². The Balaban J connectivity index is 1.46. The quantitative estimate of drug-likeness (QED) is 0.716. The Morgan fingerprint density at radius 2 is 1.77 bits per heavy atom. The zero-order valence-electron chi connectivity index (χ0n) is 18.8. The predicted octanol–water partition coefficient (Wildman–Crippen LogP) is 2.01. The van der Waals surface area contributed by atoms with Crippen LogP contribution >= 0.6 is 11.3 Å². The van der Waals surface area contributed by atoms with Crippen LogP contribution in [0.3, 0.4) is 0 Å². The molecule has 168 valence electrons. The van der Waals surface area contributed by atoms with Gasteiger partial charge in [0.25, 0.3) is 11.5 Å². The molecule has 0 atom stereocenters. The first-order chi connectivity index (χ1) is 14.8. The van der Waals surface area contributed by atoms with E-state index >= 15 is 0 Å². The molecule has 2 aliphatic heterocycles. The van der Waals surface area contributed by atoms with Gasteiger partial charge in [-0.25, -0.2) is 9.67 Å². The second-order valence-electron chi connectivity index (χ2n) is 8.60. The Morgan fingerprint density at radius 1 is 1.10 bits per heavy atom. The zero-order chi connectivity index (χ0) is 22.1. The van der Waals surface area contributed by atoms with Gasteiger partial charge in [-0.15, -0.1) is 11.3 Å². The van der Waals surface area contributed by atoms with Crippen LogP contribution in [0.2, 0.25) is 0 Å². The van der Waals surface area contributed by atoms with Crippen molar-refractivity contribution >= 4 is 17.2 Å². The molecule has 2 aliphatic rings. The Bertz CT molecular complexity index is 1020. The fourth-order valence-corrected chi connectivity index (χ4v) is 5.54. The number of ether oxygens (including phenoxy) is 1. The molecule has 2 fully saturated rings. The molecule has 0 aliphatic carbocycles. The summed E-state index contributed by atoms with van der Waals surface area (Å²) in [6.07, 6.45) is 2.05. The number of hydrogen-bond donors (Lipinski definition) is 0. The summed E-state index contributed by atoms with van der Waals surface area (Å²) in [5, 5.41) is 4.84. The van der Waals surface area contributed by atoms with Crippen LogP contribution in [0.4, 0.5) is 0 Å². The Kier molecular flexibility index (Phi) is 6.55. The number of carbonyl (C=O) groups excluding carboxylic acids is 1. The molecule has 1 amide bonds. The first-order valence-electron chi connectivity index (χ1n) is 11.0. The molecule has 2 aromatic rings. The van der Waals surface area contributed by atoms with Gasteiger partial charge in [-0.1, -0.05) is 0 Å². The minimum atomic E-state index is -0.181. The van der Waals surface area contributed by atoms with Gasteiger partial charge in [0, 0.05) is 39.8 Å². The van der Waals surface area contributed by atoms with Crippen LogP contribution < -0.4 is 5.56 Å². The van der Waals surface area contributed by atoms with Crippen LogP contribution in [0.15, 0.2) is 4.79 Å². The fraction of sp³-hybridized carbons (Fsp3) is 0.636. The van der Waals surface area contributed by atoms with Crippen LogP contribution in [-0.2, 0) is 11.8 Å². The predicted molar refractivity (Wildman–Crippen MR) is 121 cm³/mol. The molecule has 2 saturated heterocycles. The van der Waals surface area contributed by atoms with Crippen molar-refractivity contribution in [3.05, 3.63) is 32.2 Å². The van der Waals surface area contributed by atoms with Gasteiger partial charge in [-0.2, -0.15) is 5.10 Å². The maximum Gasteiger partial charge on any atom is 0.277 e. The summed E-state index contributed by atoms with van der Waals surface area (Å²) in [7, 11) is 1.64. The van der Waals surface area contributed by atoms with Crippen molar-refractivity contribution in [1.29, 1.82) is 0 Å². The van der Waals surface area contributed by atoms with Crippen LogP contribution in [-0.4, -0.2) is 76.4 Å². The molecule has 8 nitrogen and oxygen atoms in total. The molecule has 4 heterocycles. The van der Waals surface area contributed by atoms with E-state index in [1.54, 1.807) is 7.05 Å². The molecule has 31 heavy (non-hydrogen) atoms. The van der Waals surface area contributed by atoms with Gasteiger partial charge >= 0.3 is 0 Å². The van der Waals surface area contributed by atoms with Crippen molar-refractivity contribution in [2.45, 2.75) is 33.6 Å². The normalized spacial score (nSPS) is 18.5. The number of thiazole rings is 1. The lowest BCUT2D eigenvalue weighted by Crippen LogP contribution is -2.44. The van der Waals surface area contributed by atoms with Gasteiger partial charge in [0.1, 0.15) is 9.88 Å². The number of carbonyl (C=O) groups is 1. The average molecular weight is 446 g/mol. The third kappa shape index (κ3) is 4.58. The largest absolute Gasteiger partial charge is 0.379 e. The van der Waals surface area contributed by atoms with E-state index in [-0.39, 0.29) is 11.5 Å². The number of rotatable bonds is 4. The van der Waals surface area contributed by atoms with Crippen molar-refractivity contribution in [2.24, 2.45) is 13.0 Å². The summed E-state index contributed by atoms with van der Waals surface area (Å²) in [6.45, 7) is 11.9. The minimum Gasteiger partial charge on any atom is -0.379 e. The highest BCUT2D eigenvalue weighted by atomic mass is 32.1. The van der Waals surface area contributed by atoms with E-state index in [1.807, 2.05) is 25.7 Å². The maximum atomic E-state index is 13.2. The number of amides is 1. The number of nitrogens with zero attached hydrogens (tertiary/aromatic N) is 5. The van der Waals surface area contributed by atoms with Crippen molar-refractivity contribution in [1.82, 2.24) is 24.6 Å². The smallest absolute Gasteiger partial charge is 0.277 e. The van der Waals surface area contributed by atoms with Crippen LogP contribution in [0, 0.1) is 26.7 Å². The summed E-state index contributed by atoms with van der Waals surface area (Å²) in [5.41, 5.74) is 2.67. The number of aryl methyl sites for hydroxylation is 3. The molecule has 9 heteroatoms. The SMILES string of the molecule is Cc1nc(-c2c(C)c(C)nn(C)c2=O)sc1C(=O)N1CCC(CN2CCOCC2)CC1. The summed E-state index contributed by atoms with van der Waals surface area (Å²) < 4.78 is 6.78. The number of hydrogen-bond acceptors (Lipinski definition) is 7. The highest BCUT2D eigenvalue weighted by molar-refractivity contribution is 7.17. The second kappa shape index (κ2) is 9.18. The Hall–Kier alpha value is -2.10. The molecule has 0 saturated carbocycles. The average Bonchev–Trinajstić information content (AvgIpc) is 3.14. The van der Waals surface area contributed by atoms with Gasteiger partial charge in [-0.3, -0.25) is 14.5 Å². The molecular weight excluding hydrogens is 414 g/mol. The summed E-state index contributed by atoms with van der Waals surface area (Å²) in [6, 6.07) is 0. The fourth-order valence-electron chi connectivity index (χ4n) is 4.41. The lowest BCUT2D eigenvalue weighted by Gasteiger charge is -2.36. The van der Waals surface area contributed by atoms with E-state index < -0.39 is 0 Å². The van der Waals surface area contributed by atoms with Gasteiger partial charge in [-0.05, 0) is 45.1 Å². The third-order valence-electron chi connectivity index (χ3n) is 6.45. The molecule has 2 aromatic heterocycles. The maximum absolute atomic E-state index is 13.2. The summed E-state index contributed by atoms with van der Waals surface area (Å²) in [5.74, 6) is 0.664. The van der Waals surface area contributed by atoms with E-state index in [4.69, 9.17) is 4.74 Å². The third-order valence-corrected chi connectivity index (χ3v) is 7.61. The molecule has 0 bridgehead atoms. The molecule has 0 N–H and O–H groups in total. The highest BCUT2D eigenvalue weighted by Gasteiger charge is 2.28. The standard InChI is InChI=1S/C22H31N5O3S/c1-14-15(2)24-25(4)21(28)18(14)20-23-16(3)19(31-20)22(29)27-7-5-17(6-8-27)13-26-9-11-30-12-10-26/h17H,5-13H2,1-4H3. The Labute approximate surface area is 186 Å². The second-order valence-corrected chi connectivity index (χ2v) is 9.60. The van der Waals surface area contributed by atoms with Crippen molar-refractivity contribution in [3.8, 4) is 10.6 Å². The number of likely N-dealkylation sites (tertiary alicyclic amines) is 1. The van der Waals surface area contributed by atoms with Gasteiger partial charge in [0.05, 0.1) is 30.2 Å². The molecular formula is C22H31N5O3S. The van der Waals surface area contributed by atoms with Crippen LogP contribution in [0.5, 0.6) is 0 Å². The molecule has 0 unspecified atom stereocenters. The van der Waals surface area contributed by atoms with E-state index in [9.17, 15) is 9.59 Å². The van der Waals surface area contributed by atoms with E-state index in [0.29, 0.717) is 27.1 Å². The zero-order valence-corrected chi connectivity index (χ0v) is 19.6. The number of morpholine rings is 1. The van der Waals surface area contributed by atoms with E-state index in [2.05, 4.69) is 15.0 Å². The first kappa shape index (κ1) is 22.1.